The third kappa shape index (κ3) is 6.71. The predicted octanol–water partition coefficient (Wildman–Crippen LogP) is 6.89. The molecule has 0 radical (unpaired) electrons. The first kappa shape index (κ1) is 38.6. The van der Waals surface area contributed by atoms with Crippen molar-refractivity contribution in [2.24, 2.45) is 0 Å². The maximum absolute atomic E-state index is 14.1. The van der Waals surface area contributed by atoms with Gasteiger partial charge in [0.15, 0.2) is 5.43 Å². The summed E-state index contributed by atoms with van der Waals surface area (Å²) in [6.45, 7) is -0.330. The van der Waals surface area contributed by atoms with Crippen molar-refractivity contribution in [3.63, 3.8) is 0 Å². The Morgan fingerprint density at radius 3 is 2.00 bits per heavy atom. The molecule has 298 valence electrons. The van der Waals surface area contributed by atoms with Crippen LogP contribution in [0.2, 0.25) is 0 Å². The van der Waals surface area contributed by atoms with E-state index >= 15 is 0 Å². The van der Waals surface area contributed by atoms with Gasteiger partial charge in [-0.3, -0.25) is 9.59 Å². The molecule has 2 heterocycles. The number of nitrogens with zero attached hydrogens (tertiary/aromatic N) is 1. The van der Waals surface area contributed by atoms with Crippen LogP contribution in [0.15, 0.2) is 117 Å². The number of phenols is 1. The van der Waals surface area contributed by atoms with Crippen molar-refractivity contribution in [3.8, 4) is 50.7 Å². The number of carboxylic acid groups (broad SMARTS) is 3. The Bertz CT molecular complexity index is 3210. The van der Waals surface area contributed by atoms with Crippen LogP contribution in [0.4, 0.5) is 5.69 Å². The van der Waals surface area contributed by atoms with E-state index in [1.807, 2.05) is 49.0 Å². The molecule has 2 aliphatic carbocycles. The molecule has 0 spiro atoms. The fraction of sp³-hybridized carbons (Fsp3) is 0.0870. The average molecular weight is 805 g/mol. The Balaban J connectivity index is 1.26. The summed E-state index contributed by atoms with van der Waals surface area (Å²) in [4.78, 5) is 63.6. The molecule has 14 nitrogen and oxygen atoms in total. The molecule has 4 aromatic rings. The number of phenolic OH excluding ortho intramolecular Hbond substituents is 1. The Morgan fingerprint density at radius 1 is 0.633 bits per heavy atom. The van der Waals surface area contributed by atoms with Crippen LogP contribution < -0.4 is 26.0 Å². The maximum atomic E-state index is 14.1. The zero-order valence-electron chi connectivity index (χ0n) is 32.1. The molecule has 0 saturated heterocycles. The number of aromatic carboxylic acids is 3. The highest BCUT2D eigenvalue weighted by atomic mass is 16.4. The van der Waals surface area contributed by atoms with Gasteiger partial charge in [0.25, 0.3) is 5.91 Å². The number of fused-ring (bicyclic) bond motifs is 4. The van der Waals surface area contributed by atoms with E-state index in [2.05, 4.69) is 10.6 Å². The van der Waals surface area contributed by atoms with Gasteiger partial charge < -0.3 is 39.9 Å². The van der Waals surface area contributed by atoms with Crippen LogP contribution >= 0.6 is 0 Å². The molecule has 60 heavy (non-hydrogen) atoms. The summed E-state index contributed by atoms with van der Waals surface area (Å²) in [5.74, 6) is -4.33. The minimum atomic E-state index is -1.40. The summed E-state index contributed by atoms with van der Waals surface area (Å²) in [5, 5.41) is 49.0. The number of anilines is 1. The second-order valence-corrected chi connectivity index (χ2v) is 14.2. The van der Waals surface area contributed by atoms with Crippen molar-refractivity contribution in [1.29, 1.82) is 0 Å². The average Bonchev–Trinajstić information content (AvgIpc) is 3.23. The summed E-state index contributed by atoms with van der Waals surface area (Å²) in [7, 11) is 5.54. The minimum Gasteiger partial charge on any atom is -0.507 e. The van der Waals surface area contributed by atoms with E-state index in [1.54, 1.807) is 13.1 Å². The molecule has 1 amide bonds. The molecule has 2 aliphatic heterocycles. The summed E-state index contributed by atoms with van der Waals surface area (Å²) >= 11 is 0. The zero-order valence-corrected chi connectivity index (χ0v) is 32.1. The smallest absolute Gasteiger partial charge is 0.336 e. The molecule has 0 aromatic heterocycles. The number of benzene rings is 6. The summed E-state index contributed by atoms with van der Waals surface area (Å²) in [5.41, 5.74) is 2.54. The number of carbonyl (C=O) groups excluding carboxylic acids is 1. The second-order valence-electron chi connectivity index (χ2n) is 14.2. The van der Waals surface area contributed by atoms with E-state index in [1.165, 1.54) is 60.7 Å². The van der Waals surface area contributed by atoms with Gasteiger partial charge in [0.1, 0.15) is 42.5 Å². The first-order valence-electron chi connectivity index (χ1n) is 18.4. The zero-order chi connectivity index (χ0) is 42.6. The molecular weight excluding hydrogens is 771 g/mol. The molecule has 0 bridgehead atoms. The highest BCUT2D eigenvalue weighted by Crippen LogP contribution is 2.45. The fourth-order valence-electron chi connectivity index (χ4n) is 7.47. The van der Waals surface area contributed by atoms with Gasteiger partial charge in [-0.15, -0.1) is 0 Å². The Labute approximate surface area is 339 Å². The van der Waals surface area contributed by atoms with Gasteiger partial charge in [-0.1, -0.05) is 6.07 Å². The lowest BCUT2D eigenvalue weighted by molar-refractivity contribution is 0.0682. The standard InChI is InChI=1S/C46H33N3O11/c1-47-24-6-11-29-37(18-24)59-38-19-25(49(2)3)7-12-30(38)41(29)33-16-22(4-10-28(33)45(55)56)43(52)48-21-35-36(51)15-14-32-40(31-13-8-26(50)20-39(31)60-42(32)35)27-9-5-23(44(53)54)17-34(27)46(57)58/h4-20H,21H2,1-3H3,(H5,48,50,51,52,53,54,55,56,57,58)/p+1. The SMILES string of the molecule is CNc1ccc2c(-c3cc(C(=O)NCc4c(O)ccc5c(-c6ccc(C(=O)O)cc6C(=O)O)c6ccc(=O)cc-6oc45)ccc3C(=O)O)c3ccc(=[N+](C)C)cc-3oc2c1. The van der Waals surface area contributed by atoms with Crippen LogP contribution in [0.3, 0.4) is 0 Å². The number of amides is 1. The van der Waals surface area contributed by atoms with Crippen LogP contribution in [0.1, 0.15) is 47.0 Å². The van der Waals surface area contributed by atoms with Crippen LogP contribution in [0, 0.1) is 0 Å². The van der Waals surface area contributed by atoms with Crippen LogP contribution in [-0.4, -0.2) is 65.4 Å². The Morgan fingerprint density at radius 2 is 1.30 bits per heavy atom. The Hall–Kier alpha value is -8.26. The van der Waals surface area contributed by atoms with Gasteiger partial charge in [-0.25, -0.2) is 19.0 Å². The van der Waals surface area contributed by atoms with Crippen LogP contribution in [-0.2, 0) is 6.54 Å². The fourth-order valence-corrected chi connectivity index (χ4v) is 7.47. The lowest BCUT2D eigenvalue weighted by Gasteiger charge is -2.19. The molecule has 4 aliphatic rings. The van der Waals surface area contributed by atoms with Gasteiger partial charge >= 0.3 is 17.9 Å². The van der Waals surface area contributed by atoms with E-state index in [-0.39, 0.29) is 68.1 Å². The molecule has 0 saturated carbocycles. The van der Waals surface area contributed by atoms with Gasteiger partial charge in [-0.2, -0.15) is 0 Å². The van der Waals surface area contributed by atoms with E-state index in [4.69, 9.17) is 8.83 Å². The second kappa shape index (κ2) is 14.9. The van der Waals surface area contributed by atoms with Gasteiger partial charge in [0.05, 0.1) is 34.9 Å². The Kier molecular flexibility index (Phi) is 9.60. The summed E-state index contributed by atoms with van der Waals surface area (Å²) in [6.07, 6.45) is 0. The van der Waals surface area contributed by atoms with Crippen molar-refractivity contribution in [3.05, 3.63) is 147 Å². The lowest BCUT2D eigenvalue weighted by atomic mass is 9.89. The largest absolute Gasteiger partial charge is 0.507 e. The monoisotopic (exact) mass is 804 g/mol. The van der Waals surface area contributed by atoms with E-state index < -0.39 is 29.2 Å². The molecular formula is C46H34N3O11+. The van der Waals surface area contributed by atoms with Crippen molar-refractivity contribution < 1.29 is 48.4 Å². The van der Waals surface area contributed by atoms with E-state index in [0.29, 0.717) is 38.8 Å². The molecule has 0 fully saturated rings. The van der Waals surface area contributed by atoms with E-state index in [0.717, 1.165) is 17.1 Å². The van der Waals surface area contributed by atoms with Crippen molar-refractivity contribution >= 4 is 51.4 Å². The molecule has 14 heteroatoms. The van der Waals surface area contributed by atoms with Gasteiger partial charge in [-0.05, 0) is 83.9 Å². The summed E-state index contributed by atoms with van der Waals surface area (Å²) in [6, 6.07) is 25.7. The topological polar surface area (TPSA) is 220 Å². The number of rotatable bonds is 9. The number of aromatic hydroxyl groups is 1. The van der Waals surface area contributed by atoms with Crippen LogP contribution in [0.5, 0.6) is 5.75 Å². The molecule has 8 rings (SSSR count). The maximum Gasteiger partial charge on any atom is 0.336 e. The highest BCUT2D eigenvalue weighted by molar-refractivity contribution is 6.11. The highest BCUT2D eigenvalue weighted by Gasteiger charge is 2.27. The lowest BCUT2D eigenvalue weighted by Crippen LogP contribution is -2.23. The summed E-state index contributed by atoms with van der Waals surface area (Å²) < 4.78 is 14.5. The van der Waals surface area contributed by atoms with Gasteiger partial charge in [0, 0.05) is 69.5 Å². The first-order chi connectivity index (χ1) is 28.7. The quantitative estimate of drug-likeness (QED) is 0.0649. The minimum absolute atomic E-state index is 0.0213. The number of carbonyl (C=O) groups is 4. The molecule has 4 aromatic carbocycles. The van der Waals surface area contributed by atoms with Gasteiger partial charge in [0.2, 0.25) is 5.36 Å². The number of nitrogens with one attached hydrogen (secondary N) is 2. The van der Waals surface area contributed by atoms with E-state index in [9.17, 15) is 44.4 Å². The third-order valence-corrected chi connectivity index (χ3v) is 10.4. The number of hydrogen-bond acceptors (Lipinski definition) is 9. The molecule has 6 N–H and O–H groups in total. The molecule has 0 atom stereocenters. The number of carboxylic acids is 3. The van der Waals surface area contributed by atoms with Crippen molar-refractivity contribution in [2.45, 2.75) is 6.54 Å². The molecule has 0 unspecified atom stereocenters. The third-order valence-electron chi connectivity index (χ3n) is 10.4. The first-order valence-corrected chi connectivity index (χ1v) is 18.4. The van der Waals surface area contributed by atoms with Crippen molar-refractivity contribution in [1.82, 2.24) is 9.89 Å². The van der Waals surface area contributed by atoms with Crippen LogP contribution in [0.25, 0.3) is 66.8 Å². The predicted molar refractivity (Wildman–Crippen MR) is 223 cm³/mol. The van der Waals surface area contributed by atoms with Crippen molar-refractivity contribution in [2.75, 3.05) is 26.5 Å². The normalized spacial score (nSPS) is 11.2. The number of hydrogen-bond donors (Lipinski definition) is 6.